The minimum atomic E-state index is -0.533. The fraction of sp³-hybridized carbons (Fsp3) is 0.182. The number of nitrogens with one attached hydrogen (secondary N) is 3. The molecule has 2 amide bonds. The van der Waals surface area contributed by atoms with Gasteiger partial charge < -0.3 is 20.1 Å². The van der Waals surface area contributed by atoms with Crippen molar-refractivity contribution >= 4 is 22.7 Å². The van der Waals surface area contributed by atoms with E-state index >= 15 is 0 Å². The highest BCUT2D eigenvalue weighted by Crippen LogP contribution is 2.19. The van der Waals surface area contributed by atoms with Crippen LogP contribution in [0, 0.1) is 5.82 Å². The molecule has 2 heterocycles. The van der Waals surface area contributed by atoms with E-state index in [4.69, 9.17) is 4.52 Å². The SMILES string of the molecule is O=C(Cc1noc(C(=O)NCCc2c[nH]c3ccc(F)cc23)n1)NCc1ccccc1. The zero-order valence-corrected chi connectivity index (χ0v) is 16.5. The van der Waals surface area contributed by atoms with Crippen LogP contribution >= 0.6 is 0 Å². The van der Waals surface area contributed by atoms with Gasteiger partial charge in [0.25, 0.3) is 0 Å². The molecule has 9 heteroatoms. The van der Waals surface area contributed by atoms with E-state index in [-0.39, 0.29) is 29.9 Å². The molecule has 0 bridgehead atoms. The Morgan fingerprint density at radius 1 is 1.10 bits per heavy atom. The van der Waals surface area contributed by atoms with Crippen molar-refractivity contribution in [2.75, 3.05) is 6.54 Å². The van der Waals surface area contributed by atoms with E-state index in [9.17, 15) is 14.0 Å². The number of nitrogens with zero attached hydrogens (tertiary/aromatic N) is 2. The molecule has 0 saturated carbocycles. The summed E-state index contributed by atoms with van der Waals surface area (Å²) in [6.45, 7) is 0.695. The zero-order valence-electron chi connectivity index (χ0n) is 16.5. The molecule has 8 nitrogen and oxygen atoms in total. The van der Waals surface area contributed by atoms with Crippen molar-refractivity contribution in [2.24, 2.45) is 0 Å². The molecule has 2 aromatic heterocycles. The lowest BCUT2D eigenvalue weighted by molar-refractivity contribution is -0.120. The number of benzene rings is 2. The van der Waals surface area contributed by atoms with Crippen LogP contribution in [0.2, 0.25) is 0 Å². The molecule has 158 valence electrons. The summed E-state index contributed by atoms with van der Waals surface area (Å²) in [7, 11) is 0. The molecule has 0 spiro atoms. The lowest BCUT2D eigenvalue weighted by Crippen LogP contribution is -2.26. The standard InChI is InChI=1S/C22H20FN5O3/c23-16-6-7-18-17(10-16)15(13-25-18)8-9-24-21(30)22-27-19(28-31-22)11-20(29)26-12-14-4-2-1-3-5-14/h1-7,10,13,25H,8-9,11-12H2,(H,24,30)(H,26,29). The average Bonchev–Trinajstić information content (AvgIpc) is 3.40. The third-order valence-corrected chi connectivity index (χ3v) is 4.72. The first-order chi connectivity index (χ1) is 15.1. The molecule has 4 aromatic rings. The summed E-state index contributed by atoms with van der Waals surface area (Å²) in [6, 6.07) is 14.0. The van der Waals surface area contributed by atoms with Crippen molar-refractivity contribution in [1.29, 1.82) is 0 Å². The van der Waals surface area contributed by atoms with Crippen LogP contribution in [0.3, 0.4) is 0 Å². The number of rotatable bonds is 8. The van der Waals surface area contributed by atoms with Crippen LogP contribution in [0.4, 0.5) is 4.39 Å². The number of aromatic nitrogens is 3. The molecule has 0 aliphatic rings. The summed E-state index contributed by atoms with van der Waals surface area (Å²) in [5, 5.41) is 9.91. The Balaban J connectivity index is 1.26. The quantitative estimate of drug-likeness (QED) is 0.405. The Kier molecular flexibility index (Phi) is 6.02. The van der Waals surface area contributed by atoms with E-state index in [0.29, 0.717) is 19.5 Å². The van der Waals surface area contributed by atoms with Gasteiger partial charge in [-0.2, -0.15) is 4.98 Å². The predicted octanol–water partition coefficient (Wildman–Crippen LogP) is 2.52. The summed E-state index contributed by atoms with van der Waals surface area (Å²) in [6.07, 6.45) is 2.19. The Morgan fingerprint density at radius 3 is 2.77 bits per heavy atom. The van der Waals surface area contributed by atoms with Gasteiger partial charge in [-0.05, 0) is 35.7 Å². The monoisotopic (exact) mass is 421 g/mol. The average molecular weight is 421 g/mol. The number of fused-ring (bicyclic) bond motifs is 1. The molecule has 0 aliphatic carbocycles. The number of hydrogen-bond acceptors (Lipinski definition) is 5. The maximum Gasteiger partial charge on any atom is 0.315 e. The molecule has 0 atom stereocenters. The topological polar surface area (TPSA) is 113 Å². The Hall–Kier alpha value is -4.01. The van der Waals surface area contributed by atoms with Crippen molar-refractivity contribution in [3.63, 3.8) is 0 Å². The maximum atomic E-state index is 13.5. The van der Waals surface area contributed by atoms with E-state index in [1.54, 1.807) is 12.3 Å². The van der Waals surface area contributed by atoms with Gasteiger partial charge in [0.05, 0.1) is 6.42 Å². The summed E-state index contributed by atoms with van der Waals surface area (Å²) in [4.78, 5) is 31.3. The Labute approximate surface area is 176 Å². The summed E-state index contributed by atoms with van der Waals surface area (Å²) in [5.41, 5.74) is 2.69. The molecule has 0 unspecified atom stereocenters. The number of halogens is 1. The first-order valence-electron chi connectivity index (χ1n) is 9.75. The molecule has 0 radical (unpaired) electrons. The first kappa shape index (κ1) is 20.3. The molecule has 0 saturated heterocycles. The number of aromatic amines is 1. The molecular weight excluding hydrogens is 401 g/mol. The van der Waals surface area contributed by atoms with Crippen LogP contribution in [0.5, 0.6) is 0 Å². The maximum absolute atomic E-state index is 13.5. The smallest absolute Gasteiger partial charge is 0.315 e. The van der Waals surface area contributed by atoms with Crippen molar-refractivity contribution < 1.29 is 18.5 Å². The number of amides is 2. The van der Waals surface area contributed by atoms with Crippen molar-refractivity contribution in [3.05, 3.63) is 83.4 Å². The van der Waals surface area contributed by atoms with Crippen LogP contribution < -0.4 is 10.6 Å². The normalized spacial score (nSPS) is 10.9. The second-order valence-corrected chi connectivity index (χ2v) is 6.96. The van der Waals surface area contributed by atoms with Crippen LogP contribution in [0.15, 0.2) is 59.3 Å². The Morgan fingerprint density at radius 2 is 1.94 bits per heavy atom. The largest absolute Gasteiger partial charge is 0.361 e. The number of H-pyrrole nitrogens is 1. The second-order valence-electron chi connectivity index (χ2n) is 6.96. The summed E-state index contributed by atoms with van der Waals surface area (Å²) >= 11 is 0. The minimum absolute atomic E-state index is 0.0927. The highest BCUT2D eigenvalue weighted by Gasteiger charge is 2.17. The number of hydrogen-bond donors (Lipinski definition) is 3. The van der Waals surface area contributed by atoms with Gasteiger partial charge in [-0.3, -0.25) is 9.59 Å². The highest BCUT2D eigenvalue weighted by atomic mass is 19.1. The summed E-state index contributed by atoms with van der Waals surface area (Å²) < 4.78 is 18.4. The van der Waals surface area contributed by atoms with Gasteiger partial charge in [-0.15, -0.1) is 0 Å². The molecule has 0 aliphatic heterocycles. The van der Waals surface area contributed by atoms with Crippen molar-refractivity contribution in [1.82, 2.24) is 25.8 Å². The fourth-order valence-electron chi connectivity index (χ4n) is 3.16. The van der Waals surface area contributed by atoms with Crippen molar-refractivity contribution in [3.8, 4) is 0 Å². The van der Waals surface area contributed by atoms with Gasteiger partial charge in [0, 0.05) is 30.2 Å². The van der Waals surface area contributed by atoms with E-state index in [0.717, 1.165) is 22.0 Å². The van der Waals surface area contributed by atoms with Crippen LogP contribution in [-0.2, 0) is 24.2 Å². The first-order valence-corrected chi connectivity index (χ1v) is 9.75. The number of carbonyl (C=O) groups excluding carboxylic acids is 2. The summed E-state index contributed by atoms with van der Waals surface area (Å²) in [5.74, 6) is -1.21. The van der Waals surface area contributed by atoms with E-state index in [1.807, 2.05) is 30.3 Å². The van der Waals surface area contributed by atoms with Crippen LogP contribution in [0.25, 0.3) is 10.9 Å². The lowest BCUT2D eigenvalue weighted by Gasteiger charge is -2.03. The van der Waals surface area contributed by atoms with Crippen molar-refractivity contribution in [2.45, 2.75) is 19.4 Å². The molecule has 4 rings (SSSR count). The lowest BCUT2D eigenvalue weighted by atomic mass is 10.1. The fourth-order valence-corrected chi connectivity index (χ4v) is 3.16. The van der Waals surface area contributed by atoms with Gasteiger partial charge in [0.2, 0.25) is 5.91 Å². The molecule has 0 fully saturated rings. The van der Waals surface area contributed by atoms with Gasteiger partial charge >= 0.3 is 11.8 Å². The van der Waals surface area contributed by atoms with E-state index in [2.05, 4.69) is 25.8 Å². The van der Waals surface area contributed by atoms with Crippen LogP contribution in [0.1, 0.15) is 27.6 Å². The Bertz CT molecular complexity index is 1200. The molecule has 2 aromatic carbocycles. The van der Waals surface area contributed by atoms with Gasteiger partial charge in [0.15, 0.2) is 5.82 Å². The van der Waals surface area contributed by atoms with Gasteiger partial charge in [0.1, 0.15) is 5.82 Å². The van der Waals surface area contributed by atoms with E-state index < -0.39 is 5.91 Å². The van der Waals surface area contributed by atoms with Crippen LogP contribution in [-0.4, -0.2) is 33.5 Å². The molecular formula is C22H20FN5O3. The third kappa shape index (κ3) is 5.13. The minimum Gasteiger partial charge on any atom is -0.361 e. The molecule has 31 heavy (non-hydrogen) atoms. The zero-order chi connectivity index (χ0) is 21.6. The predicted molar refractivity (Wildman–Crippen MR) is 111 cm³/mol. The molecule has 3 N–H and O–H groups in total. The van der Waals surface area contributed by atoms with Gasteiger partial charge in [-0.25, -0.2) is 4.39 Å². The second kappa shape index (κ2) is 9.21. The highest BCUT2D eigenvalue weighted by molar-refractivity contribution is 5.89. The van der Waals surface area contributed by atoms with E-state index in [1.165, 1.54) is 12.1 Å². The number of carbonyl (C=O) groups is 2. The third-order valence-electron chi connectivity index (χ3n) is 4.72. The van der Waals surface area contributed by atoms with Gasteiger partial charge in [-0.1, -0.05) is 35.5 Å².